The van der Waals surface area contributed by atoms with Crippen molar-refractivity contribution >= 4 is 17.1 Å². The third-order valence-corrected chi connectivity index (χ3v) is 4.75. The molecule has 1 saturated heterocycles. The fourth-order valence-electron chi connectivity index (χ4n) is 3.45. The molecule has 1 aliphatic rings. The van der Waals surface area contributed by atoms with Gasteiger partial charge < -0.3 is 10.1 Å². The maximum atomic E-state index is 12.7. The molecule has 1 fully saturated rings. The largest absolute Gasteiger partial charge is 0.376 e. The Bertz CT molecular complexity index is 1060. The molecule has 3 aromatic rings. The monoisotopic (exact) mass is 382 g/mol. The summed E-state index contributed by atoms with van der Waals surface area (Å²) in [5.41, 5.74) is 3.05. The molecule has 3 heterocycles. The third-order valence-electron chi connectivity index (χ3n) is 4.75. The van der Waals surface area contributed by atoms with Crippen molar-refractivity contribution in [1.82, 2.24) is 29.9 Å². The van der Waals surface area contributed by atoms with E-state index in [9.17, 15) is 9.59 Å². The molecule has 4 rings (SSSR count). The summed E-state index contributed by atoms with van der Waals surface area (Å²) in [4.78, 5) is 29.2. The molecule has 0 bridgehead atoms. The highest BCUT2D eigenvalue weighted by Crippen LogP contribution is 2.16. The number of carbonyl (C=O) groups excluding carboxylic acids is 1. The Labute approximate surface area is 161 Å². The minimum Gasteiger partial charge on any atom is -0.376 e. The number of amides is 1. The lowest BCUT2D eigenvalue weighted by Crippen LogP contribution is -2.36. The normalized spacial score (nSPS) is 16.6. The summed E-state index contributed by atoms with van der Waals surface area (Å²) in [5.74, 6) is -0.263. The van der Waals surface area contributed by atoms with Crippen LogP contribution < -0.4 is 10.9 Å². The molecule has 0 aliphatic carbocycles. The number of hydrogen-bond donors (Lipinski definition) is 1. The Hall–Kier alpha value is -3.07. The van der Waals surface area contributed by atoms with E-state index < -0.39 is 5.56 Å². The van der Waals surface area contributed by atoms with E-state index in [2.05, 4.69) is 26.7 Å². The summed E-state index contributed by atoms with van der Waals surface area (Å²) >= 11 is 0. The maximum absolute atomic E-state index is 12.7. The lowest BCUT2D eigenvalue weighted by molar-refractivity contribution is -0.122. The number of ether oxygens (including phenoxy) is 1. The predicted molar refractivity (Wildman–Crippen MR) is 102 cm³/mol. The lowest BCUT2D eigenvalue weighted by Gasteiger charge is -2.11. The number of carbonyl (C=O) groups is 1. The first-order chi connectivity index (χ1) is 13.5. The highest BCUT2D eigenvalue weighted by atomic mass is 16.5. The molecule has 9 heteroatoms. The van der Waals surface area contributed by atoms with Crippen molar-refractivity contribution in [2.75, 3.05) is 13.2 Å². The van der Waals surface area contributed by atoms with E-state index in [1.54, 1.807) is 4.68 Å². The molecule has 0 saturated carbocycles. The van der Waals surface area contributed by atoms with Crippen molar-refractivity contribution < 1.29 is 9.53 Å². The van der Waals surface area contributed by atoms with Crippen LogP contribution in [0, 0.1) is 13.8 Å². The topological polar surface area (TPSA) is 104 Å². The van der Waals surface area contributed by atoms with Gasteiger partial charge in [-0.3, -0.25) is 14.2 Å². The molecule has 2 aromatic heterocycles. The molecule has 0 spiro atoms. The summed E-state index contributed by atoms with van der Waals surface area (Å²) in [5, 5.41) is 10.9. The van der Waals surface area contributed by atoms with Gasteiger partial charge in [-0.1, -0.05) is 11.3 Å². The number of fused-ring (bicyclic) bond motifs is 1. The number of aryl methyl sites for hydroxylation is 2. The van der Waals surface area contributed by atoms with Crippen LogP contribution in [0.25, 0.3) is 16.9 Å². The van der Waals surface area contributed by atoms with Crippen LogP contribution in [0.5, 0.6) is 0 Å². The highest BCUT2D eigenvalue weighted by Gasteiger charge is 2.18. The molecule has 1 aromatic carbocycles. The summed E-state index contributed by atoms with van der Waals surface area (Å²) in [6.07, 6.45) is 3.36. The second kappa shape index (κ2) is 7.51. The van der Waals surface area contributed by atoms with Crippen LogP contribution in [-0.2, 0) is 16.1 Å². The average molecular weight is 382 g/mol. The van der Waals surface area contributed by atoms with Gasteiger partial charge in [0, 0.05) is 13.2 Å². The first-order valence-electron chi connectivity index (χ1n) is 9.29. The van der Waals surface area contributed by atoms with E-state index in [0.29, 0.717) is 12.2 Å². The smallest absolute Gasteiger partial charge is 0.284 e. The Balaban J connectivity index is 1.56. The molecule has 1 N–H and O–H groups in total. The molecule has 0 radical (unpaired) electrons. The Morgan fingerprint density at radius 3 is 2.79 bits per heavy atom. The molecule has 146 valence electrons. The fraction of sp³-hybridized carbons (Fsp3) is 0.421. The highest BCUT2D eigenvalue weighted by molar-refractivity contribution is 5.76. The van der Waals surface area contributed by atoms with Crippen LogP contribution in [0.3, 0.4) is 0 Å². The zero-order valence-corrected chi connectivity index (χ0v) is 15.9. The second-order valence-electron chi connectivity index (χ2n) is 7.14. The van der Waals surface area contributed by atoms with Crippen LogP contribution in [0.15, 0.2) is 29.3 Å². The van der Waals surface area contributed by atoms with Gasteiger partial charge in [-0.15, -0.1) is 5.10 Å². The minimum atomic E-state index is -0.395. The number of aromatic nitrogens is 5. The summed E-state index contributed by atoms with van der Waals surface area (Å²) in [7, 11) is 0. The van der Waals surface area contributed by atoms with Gasteiger partial charge in [0.05, 0.1) is 11.8 Å². The minimum absolute atomic E-state index is 0.0546. The molecule has 1 atom stereocenters. The predicted octanol–water partition coefficient (Wildman–Crippen LogP) is 0.889. The zero-order chi connectivity index (χ0) is 19.7. The van der Waals surface area contributed by atoms with Gasteiger partial charge in [-0.05, 0) is 49.9 Å². The number of benzene rings is 1. The second-order valence-corrected chi connectivity index (χ2v) is 7.14. The fourth-order valence-corrected chi connectivity index (χ4v) is 3.45. The Morgan fingerprint density at radius 1 is 1.29 bits per heavy atom. The van der Waals surface area contributed by atoms with Gasteiger partial charge in [-0.2, -0.15) is 4.68 Å². The van der Waals surface area contributed by atoms with Gasteiger partial charge in [-0.25, -0.2) is 4.98 Å². The molecular formula is C19H22N6O3. The van der Waals surface area contributed by atoms with Gasteiger partial charge >= 0.3 is 0 Å². The van der Waals surface area contributed by atoms with Crippen molar-refractivity contribution in [1.29, 1.82) is 0 Å². The summed E-state index contributed by atoms with van der Waals surface area (Å²) in [6.45, 7) is 5.05. The van der Waals surface area contributed by atoms with Crippen molar-refractivity contribution in [2.24, 2.45) is 0 Å². The first kappa shape index (κ1) is 18.3. The molecule has 28 heavy (non-hydrogen) atoms. The third kappa shape index (κ3) is 3.65. The van der Waals surface area contributed by atoms with Crippen LogP contribution in [-0.4, -0.2) is 49.7 Å². The summed E-state index contributed by atoms with van der Waals surface area (Å²) in [6, 6.07) is 5.96. The SMILES string of the molecule is Cc1cc(C)cc(-n2nnc3c(=O)n(CC(=O)NC[C@@H]4CCCO4)cnc32)c1. The first-order valence-corrected chi connectivity index (χ1v) is 9.29. The van der Waals surface area contributed by atoms with Crippen molar-refractivity contribution in [3.63, 3.8) is 0 Å². The van der Waals surface area contributed by atoms with Gasteiger partial charge in [0.2, 0.25) is 5.91 Å². The quantitative estimate of drug-likeness (QED) is 0.703. The summed E-state index contributed by atoms with van der Waals surface area (Å²) < 4.78 is 8.26. The van der Waals surface area contributed by atoms with Crippen LogP contribution >= 0.6 is 0 Å². The van der Waals surface area contributed by atoms with Crippen molar-refractivity contribution in [2.45, 2.75) is 39.3 Å². The molecule has 9 nitrogen and oxygen atoms in total. The number of nitrogens with zero attached hydrogens (tertiary/aromatic N) is 5. The van der Waals surface area contributed by atoms with Crippen LogP contribution in [0.2, 0.25) is 0 Å². The van der Waals surface area contributed by atoms with Crippen molar-refractivity contribution in [3.05, 3.63) is 46.0 Å². The number of hydrogen-bond acceptors (Lipinski definition) is 6. The average Bonchev–Trinajstić information content (AvgIpc) is 3.31. The van der Waals surface area contributed by atoms with E-state index in [0.717, 1.165) is 36.3 Å². The zero-order valence-electron chi connectivity index (χ0n) is 15.9. The number of nitrogens with one attached hydrogen (secondary N) is 1. The van der Waals surface area contributed by atoms with E-state index in [1.165, 1.54) is 10.9 Å². The van der Waals surface area contributed by atoms with Crippen molar-refractivity contribution in [3.8, 4) is 5.69 Å². The standard InChI is InChI=1S/C19H22N6O3/c1-12-6-13(2)8-14(7-12)25-18-17(22-23-25)19(27)24(11-21-18)10-16(26)20-9-15-4-3-5-28-15/h6-8,11,15H,3-5,9-10H2,1-2H3,(H,20,26)/t15-/m0/s1. The molecular weight excluding hydrogens is 360 g/mol. The van der Waals surface area contributed by atoms with Crippen LogP contribution in [0.1, 0.15) is 24.0 Å². The lowest BCUT2D eigenvalue weighted by atomic mass is 10.1. The van der Waals surface area contributed by atoms with Gasteiger partial charge in [0.15, 0.2) is 11.2 Å². The van der Waals surface area contributed by atoms with E-state index >= 15 is 0 Å². The Kier molecular flexibility index (Phi) is 4.91. The maximum Gasteiger partial charge on any atom is 0.284 e. The van der Waals surface area contributed by atoms with E-state index in [1.807, 2.05) is 26.0 Å². The van der Waals surface area contributed by atoms with Gasteiger partial charge in [0.25, 0.3) is 5.56 Å². The van der Waals surface area contributed by atoms with Gasteiger partial charge in [0.1, 0.15) is 12.9 Å². The van der Waals surface area contributed by atoms with Crippen LogP contribution in [0.4, 0.5) is 0 Å². The molecule has 1 amide bonds. The van der Waals surface area contributed by atoms with E-state index in [4.69, 9.17) is 4.74 Å². The molecule has 0 unspecified atom stereocenters. The number of rotatable bonds is 5. The van der Waals surface area contributed by atoms with E-state index in [-0.39, 0.29) is 24.1 Å². The Morgan fingerprint density at radius 2 is 2.07 bits per heavy atom. The molecule has 1 aliphatic heterocycles.